The van der Waals surface area contributed by atoms with Crippen LogP contribution in [-0.2, 0) is 87.7 Å². The number of aliphatic hydroxyl groups is 2. The summed E-state index contributed by atoms with van der Waals surface area (Å²) in [5, 5.41) is 321. The van der Waals surface area contributed by atoms with E-state index < -0.39 is 328 Å². The number of aliphatic hydroxyl groups excluding tert-OH is 2. The fourth-order valence-corrected chi connectivity index (χ4v) is 14.5. The molecule has 8 aromatic rings. The number of hydrogen-bond donors (Lipinski definition) is 28. The molecule has 0 spiro atoms. The third kappa shape index (κ3) is 13.0. The van der Waals surface area contributed by atoms with Crippen LogP contribution in [0.1, 0.15) is 81.4 Å². The topological polar surface area (TPSA) is 722 Å². The Hall–Kier alpha value is -12.3. The third-order valence-electron chi connectivity index (χ3n) is 19.6. The fraction of sp³-hybridized carbons (Fsp3) is 0.279. The summed E-state index contributed by atoms with van der Waals surface area (Å²) in [6.45, 7) is -3.80. The third-order valence-corrected chi connectivity index (χ3v) is 19.6. The van der Waals surface area contributed by atoms with Gasteiger partial charge in [-0.15, -0.1) is 0 Å². The van der Waals surface area contributed by atoms with Gasteiger partial charge in [-0.3, -0.25) is 25.8 Å². The van der Waals surface area contributed by atoms with E-state index in [2.05, 4.69) is 0 Å². The van der Waals surface area contributed by atoms with E-state index in [0.29, 0.717) is 48.5 Å². The number of carbonyl (C=O) groups excluding carboxylic acids is 1. The molecule has 5 aliphatic heterocycles. The molecule has 6 aliphatic rings. The van der Waals surface area contributed by atoms with Crippen molar-refractivity contribution in [3.05, 3.63) is 105 Å². The van der Waals surface area contributed by atoms with Gasteiger partial charge in [-0.05, 0) is 82.9 Å². The largest absolute Gasteiger partial charge is 0.504 e. The molecule has 44 heteroatoms. The normalized spacial score (nSPS) is 24.5. The Morgan fingerprint density at radius 2 is 0.884 bits per heavy atom. The number of rotatable bonds is 12. The number of fused-ring (bicyclic) bond motifs is 7. The molecule has 15 atom stereocenters. The quantitative estimate of drug-likeness (QED) is 0.0300. The predicted molar refractivity (Wildman–Crippen MR) is 348 cm³/mol. The minimum absolute atomic E-state index is 0.274. The van der Waals surface area contributed by atoms with Gasteiger partial charge in [0.15, 0.2) is 128 Å². The molecular formula is C68H62O44. The zero-order chi connectivity index (χ0) is 80.8. The van der Waals surface area contributed by atoms with Gasteiger partial charge in [0.1, 0.15) is 62.5 Å². The summed E-state index contributed by atoms with van der Waals surface area (Å²) in [7, 11) is 0. The number of phenols is 22. The van der Waals surface area contributed by atoms with Crippen LogP contribution in [0.4, 0.5) is 0 Å². The van der Waals surface area contributed by atoms with Gasteiger partial charge in [-0.25, -0.2) is 48.9 Å². The highest BCUT2D eigenvalue weighted by atomic mass is 17.2. The average molecular weight is 1580 g/mol. The molecule has 2 fully saturated rings. The SMILES string of the molecule is O=COC1c2cc3c(O)c(O)c2-c2c(cc(O)c(O)c2O)COOC2C1OC(O)C(C(OO)c1cc(O)c(O)c(O)c1Oc1cc4c(c(O)c1O)-c1c(cc(O)c(O)c1O)C(OO)CC1OC(O)C(OOCc5cc(O)c(O)c(O)c5O3)C(C(OO)c3cc(O)c(O)c(O)c3)C1C4OO)C2OOCc1cc(O)c(O)c(O)c1. The van der Waals surface area contributed by atoms with Crippen molar-refractivity contribution in [3.8, 4) is 172 Å². The molecule has 598 valence electrons. The highest BCUT2D eigenvalue weighted by molar-refractivity contribution is 5.89. The Bertz CT molecular complexity index is 4970. The van der Waals surface area contributed by atoms with Crippen LogP contribution >= 0.6 is 0 Å². The molecule has 14 rings (SSSR count). The van der Waals surface area contributed by atoms with Crippen molar-refractivity contribution in [3.63, 3.8) is 0 Å². The van der Waals surface area contributed by atoms with Gasteiger partial charge in [0.2, 0.25) is 46.0 Å². The fourth-order valence-electron chi connectivity index (χ4n) is 14.5. The maximum atomic E-state index is 13.2. The molecule has 0 amide bonds. The van der Waals surface area contributed by atoms with Gasteiger partial charge in [0.25, 0.3) is 6.47 Å². The summed E-state index contributed by atoms with van der Waals surface area (Å²) in [5.74, 6) is -41.8. The number of phenolic OH excluding ortho intramolecular Hbond substituents is 22. The van der Waals surface area contributed by atoms with Gasteiger partial charge in [-0.1, -0.05) is 0 Å². The van der Waals surface area contributed by atoms with Crippen molar-refractivity contribution >= 4 is 6.47 Å². The Morgan fingerprint density at radius 3 is 1.46 bits per heavy atom. The maximum Gasteiger partial charge on any atom is 0.293 e. The highest BCUT2D eigenvalue weighted by Crippen LogP contribution is 2.64. The first kappa shape index (κ1) is 77.9. The van der Waals surface area contributed by atoms with Gasteiger partial charge in [-0.2, -0.15) is 0 Å². The number of benzene rings is 8. The Morgan fingerprint density at radius 1 is 0.420 bits per heavy atom. The number of aromatic hydroxyl groups is 22. The Kier molecular flexibility index (Phi) is 21.0. The molecule has 8 aromatic carbocycles. The van der Waals surface area contributed by atoms with Gasteiger partial charge < -0.3 is 146 Å². The van der Waals surface area contributed by atoms with Crippen LogP contribution < -0.4 is 9.47 Å². The molecule has 0 saturated carbocycles. The number of carbonyl (C=O) groups is 1. The minimum Gasteiger partial charge on any atom is -0.504 e. The summed E-state index contributed by atoms with van der Waals surface area (Å²) in [4.78, 5) is 68.0. The molecule has 5 heterocycles. The first-order valence-electron chi connectivity index (χ1n) is 32.2. The zero-order valence-corrected chi connectivity index (χ0v) is 55.9. The second-order valence-corrected chi connectivity index (χ2v) is 25.8. The lowest BCUT2D eigenvalue weighted by atomic mass is 9.70. The molecule has 28 N–H and O–H groups in total. The van der Waals surface area contributed by atoms with Crippen LogP contribution in [0.25, 0.3) is 22.3 Å². The van der Waals surface area contributed by atoms with E-state index in [0.717, 1.165) is 12.1 Å². The molecule has 0 aromatic heterocycles. The number of ether oxygens (including phenoxy) is 5. The molecule has 112 heavy (non-hydrogen) atoms. The standard InChI is InChI=1S/C68H62O44/c69-15-98-62-22-10-34-49(84)53(88)38(22)36-18(5-28(74)45(80)51(36)86)13-100-112-66-63(110-99-12-16-1-24(70)43(78)25(71)2-16)42(67(92)105-65(62)66)60(109-97)23-8-31(77)48(83)56(91)61(23)103-35-9-21-39(54(89)50(35)85)37-20(7-30(76)46(81)52(37)87)32(106-94)11-33-40(59(21)108-96)41(57(107-95)17-3-26(72)44(79)27(73)4-17)64(68(93)104-33)111-101-14-19-6-29(75)47(82)55(90)58(19)102-34/h1-10,15,32-33,40-42,57,59-60,62-68,70-97H,11-14H2. The van der Waals surface area contributed by atoms with Crippen molar-refractivity contribution in [2.45, 2.75) is 99.9 Å². The van der Waals surface area contributed by atoms with Crippen LogP contribution in [0.2, 0.25) is 0 Å². The van der Waals surface area contributed by atoms with Crippen LogP contribution in [0.5, 0.6) is 149 Å². The van der Waals surface area contributed by atoms with E-state index in [4.69, 9.17) is 72.6 Å². The first-order valence-corrected chi connectivity index (χ1v) is 32.2. The van der Waals surface area contributed by atoms with E-state index >= 15 is 0 Å². The van der Waals surface area contributed by atoms with Gasteiger partial charge in [0, 0.05) is 62.8 Å². The molecule has 44 nitrogen and oxygen atoms in total. The highest BCUT2D eigenvalue weighted by Gasteiger charge is 2.60. The van der Waals surface area contributed by atoms with E-state index in [-0.39, 0.29) is 12.0 Å². The monoisotopic (exact) mass is 1580 g/mol. The van der Waals surface area contributed by atoms with Crippen LogP contribution in [0, 0.1) is 17.8 Å². The minimum atomic E-state index is -2.86. The lowest BCUT2D eigenvalue weighted by Gasteiger charge is -2.48. The number of hydrogen-bond acceptors (Lipinski definition) is 44. The Labute approximate surface area is 620 Å². The second-order valence-electron chi connectivity index (χ2n) is 25.8. The van der Waals surface area contributed by atoms with Gasteiger partial charge >= 0.3 is 0 Å². The summed E-state index contributed by atoms with van der Waals surface area (Å²) in [5.41, 5.74) is -9.92. The van der Waals surface area contributed by atoms with Crippen molar-refractivity contribution < 1.29 is 221 Å². The molecule has 1 aliphatic carbocycles. The average Bonchev–Trinajstić information content (AvgIpc) is 1.31. The molecule has 2 saturated heterocycles. The van der Waals surface area contributed by atoms with Crippen LogP contribution in [-0.4, -0.2) is 193 Å². The molecule has 15 unspecified atom stereocenters. The van der Waals surface area contributed by atoms with E-state index in [9.17, 15) is 148 Å². The van der Waals surface area contributed by atoms with Crippen LogP contribution in [0.3, 0.4) is 0 Å². The Balaban J connectivity index is 1.12. The summed E-state index contributed by atoms with van der Waals surface area (Å²) >= 11 is 0. The van der Waals surface area contributed by atoms with E-state index in [1.165, 1.54) is 0 Å². The molecule has 9 bridgehead atoms. The summed E-state index contributed by atoms with van der Waals surface area (Å²) in [6, 6.07) is 6.27. The van der Waals surface area contributed by atoms with E-state index in [1.54, 1.807) is 0 Å². The van der Waals surface area contributed by atoms with Crippen molar-refractivity contribution in [1.29, 1.82) is 0 Å². The van der Waals surface area contributed by atoms with Crippen LogP contribution in [0.15, 0.2) is 60.7 Å². The first-order chi connectivity index (χ1) is 53.3. The molecule has 0 radical (unpaired) electrons. The zero-order valence-electron chi connectivity index (χ0n) is 55.9. The van der Waals surface area contributed by atoms with Gasteiger partial charge in [0.05, 0.1) is 12.0 Å². The lowest BCUT2D eigenvalue weighted by molar-refractivity contribution is -0.458. The predicted octanol–water partition coefficient (Wildman–Crippen LogP) is 5.73. The molecular weight excluding hydrogens is 1520 g/mol. The van der Waals surface area contributed by atoms with Crippen molar-refractivity contribution in [2.75, 3.05) is 0 Å². The van der Waals surface area contributed by atoms with Crippen molar-refractivity contribution in [1.82, 2.24) is 0 Å². The summed E-state index contributed by atoms with van der Waals surface area (Å²) in [6.07, 6.45) is -30.9. The smallest absolute Gasteiger partial charge is 0.293 e. The summed E-state index contributed by atoms with van der Waals surface area (Å²) < 4.78 is 30.1. The lowest BCUT2D eigenvalue weighted by Crippen LogP contribution is -2.60. The van der Waals surface area contributed by atoms with E-state index in [1.807, 2.05) is 0 Å². The van der Waals surface area contributed by atoms with Crippen molar-refractivity contribution in [2.24, 2.45) is 17.8 Å². The maximum absolute atomic E-state index is 13.2. The second kappa shape index (κ2) is 30.2.